The number of hydrogen-bond acceptors (Lipinski definition) is 2. The molecule has 5 nitrogen and oxygen atoms in total. The van der Waals surface area contributed by atoms with Crippen molar-refractivity contribution in [1.29, 1.82) is 0 Å². The highest BCUT2D eigenvalue weighted by molar-refractivity contribution is 5.81. The quantitative estimate of drug-likeness (QED) is 0.581. The van der Waals surface area contributed by atoms with Crippen LogP contribution >= 0.6 is 0 Å². The van der Waals surface area contributed by atoms with Gasteiger partial charge in [-0.1, -0.05) is 6.92 Å². The second-order valence-electron chi connectivity index (χ2n) is 6.88. The predicted octanol–water partition coefficient (Wildman–Crippen LogP) is 0.820. The Balaban J connectivity index is 1.58. The van der Waals surface area contributed by atoms with Crippen LogP contribution in [0.1, 0.15) is 32.6 Å². The lowest BCUT2D eigenvalue weighted by atomic mass is 9.79. The summed E-state index contributed by atoms with van der Waals surface area (Å²) < 4.78 is 0. The Morgan fingerprint density at radius 1 is 1.60 bits per heavy atom. The topological polar surface area (TPSA) is 56.7 Å². The Labute approximate surface area is 121 Å². The van der Waals surface area contributed by atoms with E-state index in [4.69, 9.17) is 0 Å². The van der Waals surface area contributed by atoms with Crippen molar-refractivity contribution < 1.29 is 4.79 Å². The number of guanidine groups is 1. The lowest BCUT2D eigenvalue weighted by Gasteiger charge is -2.40. The van der Waals surface area contributed by atoms with Gasteiger partial charge in [0.1, 0.15) is 0 Å². The highest BCUT2D eigenvalue weighted by Gasteiger charge is 2.42. The zero-order valence-corrected chi connectivity index (χ0v) is 12.6. The van der Waals surface area contributed by atoms with Crippen molar-refractivity contribution in [3.8, 4) is 0 Å². The molecule has 0 aromatic rings. The summed E-state index contributed by atoms with van der Waals surface area (Å²) in [6, 6.07) is 0. The summed E-state index contributed by atoms with van der Waals surface area (Å²) in [6.07, 6.45) is 4.32. The smallest absolute Gasteiger partial charge is 0.220 e. The van der Waals surface area contributed by atoms with Gasteiger partial charge in [-0.15, -0.1) is 0 Å². The van der Waals surface area contributed by atoms with Gasteiger partial charge in [-0.2, -0.15) is 0 Å². The van der Waals surface area contributed by atoms with Gasteiger partial charge in [0, 0.05) is 45.1 Å². The van der Waals surface area contributed by atoms with Gasteiger partial charge >= 0.3 is 0 Å². The van der Waals surface area contributed by atoms with Crippen LogP contribution in [0.3, 0.4) is 0 Å². The van der Waals surface area contributed by atoms with Gasteiger partial charge in [0.25, 0.3) is 0 Å². The van der Waals surface area contributed by atoms with E-state index in [1.54, 1.807) is 0 Å². The molecule has 0 radical (unpaired) electrons. The first-order valence-electron chi connectivity index (χ1n) is 7.84. The first-order chi connectivity index (χ1) is 9.62. The number of nitrogens with zero attached hydrogens (tertiary/aromatic N) is 2. The van der Waals surface area contributed by atoms with Crippen LogP contribution in [-0.4, -0.2) is 50.0 Å². The van der Waals surface area contributed by atoms with E-state index in [0.717, 1.165) is 56.8 Å². The number of likely N-dealkylation sites (tertiary alicyclic amines) is 1. The van der Waals surface area contributed by atoms with E-state index in [2.05, 4.69) is 27.4 Å². The number of carbonyl (C=O) groups excluding carboxylic acids is 1. The molecule has 0 aromatic carbocycles. The third kappa shape index (κ3) is 2.76. The molecular weight excluding hydrogens is 252 g/mol. The molecule has 3 atom stereocenters. The summed E-state index contributed by atoms with van der Waals surface area (Å²) in [5.74, 6) is 2.91. The largest absolute Gasteiger partial charge is 0.356 e. The molecule has 112 valence electrons. The van der Waals surface area contributed by atoms with Crippen LogP contribution < -0.4 is 10.6 Å². The maximum Gasteiger partial charge on any atom is 0.220 e. The molecule has 5 heteroatoms. The minimum Gasteiger partial charge on any atom is -0.356 e. The Morgan fingerprint density at radius 2 is 2.40 bits per heavy atom. The fourth-order valence-corrected chi connectivity index (χ4v) is 3.67. The molecule has 3 fully saturated rings. The molecule has 3 rings (SSSR count). The van der Waals surface area contributed by atoms with Crippen LogP contribution in [-0.2, 0) is 4.79 Å². The number of amides is 1. The van der Waals surface area contributed by atoms with Crippen molar-refractivity contribution in [2.24, 2.45) is 22.2 Å². The first-order valence-corrected chi connectivity index (χ1v) is 7.84. The van der Waals surface area contributed by atoms with Crippen LogP contribution in [0.25, 0.3) is 0 Å². The van der Waals surface area contributed by atoms with Crippen LogP contribution in [0.4, 0.5) is 0 Å². The molecule has 2 aliphatic heterocycles. The minimum atomic E-state index is 0.139. The molecular formula is C15H26N4O. The highest BCUT2D eigenvalue weighted by Crippen LogP contribution is 2.37. The van der Waals surface area contributed by atoms with E-state index in [1.807, 2.05) is 7.05 Å². The van der Waals surface area contributed by atoms with E-state index in [9.17, 15) is 4.79 Å². The zero-order chi connectivity index (χ0) is 14.2. The fraction of sp³-hybridized carbons (Fsp3) is 0.867. The Morgan fingerprint density at radius 3 is 3.00 bits per heavy atom. The van der Waals surface area contributed by atoms with Crippen molar-refractivity contribution >= 4 is 11.9 Å². The number of aliphatic imine (C=N–C) groups is 1. The molecule has 3 unspecified atom stereocenters. The molecule has 2 heterocycles. The van der Waals surface area contributed by atoms with Crippen molar-refractivity contribution in [1.82, 2.24) is 15.5 Å². The standard InChI is InChI=1S/C15H26N4O/c1-11-6-12(11)8-17-14(16-2)19-5-3-4-15(10-19)7-13(20)18-9-15/h11-12H,3-10H2,1-2H3,(H,16,17)(H,18,20). The van der Waals surface area contributed by atoms with Gasteiger partial charge in [-0.05, 0) is 31.1 Å². The van der Waals surface area contributed by atoms with Gasteiger partial charge in [0.05, 0.1) is 0 Å². The molecule has 2 N–H and O–H groups in total. The van der Waals surface area contributed by atoms with Crippen molar-refractivity contribution in [3.05, 3.63) is 0 Å². The number of carbonyl (C=O) groups is 1. The molecule has 1 spiro atoms. The Hall–Kier alpha value is -1.26. The predicted molar refractivity (Wildman–Crippen MR) is 79.5 cm³/mol. The number of nitrogens with one attached hydrogen (secondary N) is 2. The van der Waals surface area contributed by atoms with E-state index >= 15 is 0 Å². The summed E-state index contributed by atoms with van der Waals surface area (Å²) in [7, 11) is 1.86. The Kier molecular flexibility index (Phi) is 3.61. The number of piperidine rings is 1. The summed E-state index contributed by atoms with van der Waals surface area (Å²) in [5.41, 5.74) is 0.139. The fourth-order valence-electron chi connectivity index (χ4n) is 3.67. The van der Waals surface area contributed by atoms with Crippen molar-refractivity contribution in [2.75, 3.05) is 33.2 Å². The second-order valence-corrected chi connectivity index (χ2v) is 6.88. The minimum absolute atomic E-state index is 0.139. The summed E-state index contributed by atoms with van der Waals surface area (Å²) in [6.45, 7) is 6.18. The molecule has 3 aliphatic rings. The van der Waals surface area contributed by atoms with Gasteiger partial charge in [0.15, 0.2) is 5.96 Å². The molecule has 0 aromatic heterocycles. The van der Waals surface area contributed by atoms with Crippen LogP contribution in [0.5, 0.6) is 0 Å². The lowest BCUT2D eigenvalue weighted by molar-refractivity contribution is -0.119. The molecule has 2 saturated heterocycles. The van der Waals surface area contributed by atoms with Gasteiger partial charge in [-0.25, -0.2) is 0 Å². The normalized spacial score (nSPS) is 37.2. The van der Waals surface area contributed by atoms with Crippen molar-refractivity contribution in [3.63, 3.8) is 0 Å². The van der Waals surface area contributed by atoms with Gasteiger partial charge in [0.2, 0.25) is 5.91 Å². The summed E-state index contributed by atoms with van der Waals surface area (Å²) in [5, 5.41) is 6.52. The molecule has 1 amide bonds. The average Bonchev–Trinajstić information content (AvgIpc) is 3.02. The van der Waals surface area contributed by atoms with E-state index in [-0.39, 0.29) is 11.3 Å². The van der Waals surface area contributed by atoms with Crippen LogP contribution in [0.15, 0.2) is 4.99 Å². The third-order valence-corrected chi connectivity index (χ3v) is 5.17. The van der Waals surface area contributed by atoms with Crippen molar-refractivity contribution in [2.45, 2.75) is 32.6 Å². The van der Waals surface area contributed by atoms with E-state index < -0.39 is 0 Å². The molecule has 1 saturated carbocycles. The van der Waals surface area contributed by atoms with Gasteiger partial charge in [-0.3, -0.25) is 9.79 Å². The number of hydrogen-bond donors (Lipinski definition) is 2. The first kappa shape index (κ1) is 13.7. The number of rotatable bonds is 2. The SMILES string of the molecule is CN=C(NCC1CC1C)N1CCCC2(CNC(=O)C2)C1. The molecule has 0 bridgehead atoms. The van der Waals surface area contributed by atoms with E-state index in [1.165, 1.54) is 6.42 Å². The van der Waals surface area contributed by atoms with E-state index in [0.29, 0.717) is 6.42 Å². The second kappa shape index (κ2) is 5.26. The monoisotopic (exact) mass is 278 g/mol. The van der Waals surface area contributed by atoms with Crippen LogP contribution in [0.2, 0.25) is 0 Å². The lowest BCUT2D eigenvalue weighted by Crippen LogP contribution is -2.51. The van der Waals surface area contributed by atoms with Crippen LogP contribution in [0, 0.1) is 17.3 Å². The molecule has 20 heavy (non-hydrogen) atoms. The third-order valence-electron chi connectivity index (χ3n) is 5.17. The maximum atomic E-state index is 11.5. The average molecular weight is 278 g/mol. The maximum absolute atomic E-state index is 11.5. The molecule has 1 aliphatic carbocycles. The Bertz CT molecular complexity index is 422. The summed E-state index contributed by atoms with van der Waals surface area (Å²) in [4.78, 5) is 18.3. The van der Waals surface area contributed by atoms with Gasteiger partial charge < -0.3 is 15.5 Å². The highest BCUT2D eigenvalue weighted by atomic mass is 16.1. The summed E-state index contributed by atoms with van der Waals surface area (Å²) >= 11 is 0. The zero-order valence-electron chi connectivity index (χ0n) is 12.6.